The molecule has 0 aromatic carbocycles. The van der Waals surface area contributed by atoms with Crippen molar-refractivity contribution < 1.29 is 4.79 Å². The number of amidine groups is 3. The van der Waals surface area contributed by atoms with E-state index in [1.54, 1.807) is 6.08 Å². The zero-order valence-corrected chi connectivity index (χ0v) is 16.6. The number of hydrogen-bond donors (Lipinski definition) is 1. The van der Waals surface area contributed by atoms with E-state index >= 15 is 0 Å². The third kappa shape index (κ3) is 2.96. The van der Waals surface area contributed by atoms with Crippen molar-refractivity contribution in [2.75, 3.05) is 19.6 Å². The zero-order valence-electron chi connectivity index (χ0n) is 15.8. The third-order valence-electron chi connectivity index (χ3n) is 5.75. The van der Waals surface area contributed by atoms with Crippen molar-refractivity contribution >= 4 is 39.6 Å². The Morgan fingerprint density at radius 3 is 2.93 bits per heavy atom. The van der Waals surface area contributed by atoms with Crippen molar-refractivity contribution in [1.82, 2.24) is 9.91 Å². The summed E-state index contributed by atoms with van der Waals surface area (Å²) in [5, 5.41) is 16.0. The summed E-state index contributed by atoms with van der Waals surface area (Å²) in [5.41, 5.74) is 3.47. The summed E-state index contributed by atoms with van der Waals surface area (Å²) in [4.78, 5) is 23.7. The number of allylic oxidation sites excluding steroid dienone is 3. The van der Waals surface area contributed by atoms with Crippen LogP contribution < -0.4 is 0 Å². The van der Waals surface area contributed by atoms with Crippen LogP contribution in [0.2, 0.25) is 0 Å². The molecule has 28 heavy (non-hydrogen) atoms. The van der Waals surface area contributed by atoms with Gasteiger partial charge >= 0.3 is 0 Å². The Labute approximate surface area is 168 Å². The monoisotopic (exact) mass is 394 g/mol. The highest BCUT2D eigenvalue weighted by molar-refractivity contribution is 8.26. The van der Waals surface area contributed by atoms with Crippen LogP contribution in [0.1, 0.15) is 32.6 Å². The molecule has 8 heteroatoms. The van der Waals surface area contributed by atoms with Gasteiger partial charge in [0.25, 0.3) is 5.91 Å². The summed E-state index contributed by atoms with van der Waals surface area (Å²) in [6.45, 7) is 4.75. The van der Waals surface area contributed by atoms with Gasteiger partial charge in [0.05, 0.1) is 12.1 Å². The van der Waals surface area contributed by atoms with Crippen LogP contribution in [-0.4, -0.2) is 57.3 Å². The summed E-state index contributed by atoms with van der Waals surface area (Å²) < 4.78 is 0. The standard InChI is InChI=1S/C20H22N6OS/c1-12-6-8-25(9-7-12)20-24-26-17(21)15(18(27)23-19(26)28-20)10-13-11-22-16-5-3-2-4-14(13)16/h2,4,10,12,21H,3,5-9,11H2,1H3/b15-10+,21-17?. The molecular formula is C20H22N6OS. The van der Waals surface area contributed by atoms with Gasteiger partial charge in [-0.2, -0.15) is 10.0 Å². The molecule has 0 radical (unpaired) electrons. The average molecular weight is 395 g/mol. The predicted octanol–water partition coefficient (Wildman–Crippen LogP) is 2.94. The number of likely N-dealkylation sites (tertiary alicyclic amines) is 1. The molecule has 4 aliphatic heterocycles. The lowest BCUT2D eigenvalue weighted by Crippen LogP contribution is -2.36. The molecule has 5 aliphatic rings. The summed E-state index contributed by atoms with van der Waals surface area (Å²) in [5.74, 6) is 0.470. The number of amides is 1. The molecule has 0 aromatic heterocycles. The lowest BCUT2D eigenvalue weighted by Gasteiger charge is -2.30. The first-order chi connectivity index (χ1) is 13.6. The van der Waals surface area contributed by atoms with Crippen LogP contribution in [0.4, 0.5) is 0 Å². The molecule has 7 nitrogen and oxygen atoms in total. The van der Waals surface area contributed by atoms with Crippen LogP contribution in [0.15, 0.2) is 50.0 Å². The van der Waals surface area contributed by atoms with Crippen molar-refractivity contribution in [2.45, 2.75) is 32.6 Å². The number of carbonyl (C=O) groups excluding carboxylic acids is 1. The summed E-state index contributed by atoms with van der Waals surface area (Å²) >= 11 is 1.39. The number of thioether (sulfide) groups is 1. The Morgan fingerprint density at radius 1 is 1.29 bits per heavy atom. The van der Waals surface area contributed by atoms with E-state index in [2.05, 4.69) is 39.1 Å². The van der Waals surface area contributed by atoms with Crippen LogP contribution in [0.25, 0.3) is 0 Å². The van der Waals surface area contributed by atoms with Gasteiger partial charge in [-0.1, -0.05) is 19.1 Å². The summed E-state index contributed by atoms with van der Waals surface area (Å²) in [6.07, 6.45) is 10.2. The Bertz CT molecular complexity index is 946. The minimum Gasteiger partial charge on any atom is -0.349 e. The Balaban J connectivity index is 1.42. The van der Waals surface area contributed by atoms with Crippen molar-refractivity contribution in [3.63, 3.8) is 0 Å². The maximum Gasteiger partial charge on any atom is 0.283 e. The quantitative estimate of drug-likeness (QED) is 0.693. The van der Waals surface area contributed by atoms with Gasteiger partial charge in [-0.3, -0.25) is 15.2 Å². The molecule has 1 N–H and O–H groups in total. The minimum absolute atomic E-state index is 0.101. The predicted molar refractivity (Wildman–Crippen MR) is 113 cm³/mol. The molecule has 144 valence electrons. The van der Waals surface area contributed by atoms with Gasteiger partial charge in [-0.15, -0.1) is 5.10 Å². The maximum absolute atomic E-state index is 12.6. The number of hydrogen-bond acceptors (Lipinski definition) is 6. The second-order valence-electron chi connectivity index (χ2n) is 7.72. The molecule has 0 bridgehead atoms. The first kappa shape index (κ1) is 17.6. The van der Waals surface area contributed by atoms with Crippen LogP contribution in [0.3, 0.4) is 0 Å². The minimum atomic E-state index is -0.367. The van der Waals surface area contributed by atoms with Gasteiger partial charge in [0.15, 0.2) is 11.0 Å². The SMILES string of the molecule is CC1CCN(C2=NN3C(=N)/C(=C\C4=C5C=CCCC5=NC4)C(=O)N=C3S2)CC1. The third-order valence-corrected chi connectivity index (χ3v) is 6.72. The Kier molecular flexibility index (Phi) is 4.30. The van der Waals surface area contributed by atoms with Crippen molar-refractivity contribution in [3.8, 4) is 0 Å². The second kappa shape index (κ2) is 6.84. The first-order valence-electron chi connectivity index (χ1n) is 9.78. The van der Waals surface area contributed by atoms with Crippen LogP contribution in [0, 0.1) is 11.3 Å². The van der Waals surface area contributed by atoms with Crippen molar-refractivity contribution in [1.29, 1.82) is 5.41 Å². The van der Waals surface area contributed by atoms with Gasteiger partial charge in [0.2, 0.25) is 5.17 Å². The summed E-state index contributed by atoms with van der Waals surface area (Å²) in [7, 11) is 0. The van der Waals surface area contributed by atoms with Crippen LogP contribution >= 0.6 is 11.8 Å². The molecule has 1 amide bonds. The number of aliphatic imine (C=N–C) groups is 2. The van der Waals surface area contributed by atoms with E-state index in [0.29, 0.717) is 17.3 Å². The lowest BCUT2D eigenvalue weighted by molar-refractivity contribution is -0.114. The van der Waals surface area contributed by atoms with Crippen molar-refractivity contribution in [2.24, 2.45) is 21.0 Å². The molecule has 4 heterocycles. The molecule has 0 saturated carbocycles. The van der Waals surface area contributed by atoms with E-state index in [9.17, 15) is 4.79 Å². The molecule has 1 saturated heterocycles. The smallest absolute Gasteiger partial charge is 0.283 e. The first-order valence-corrected chi connectivity index (χ1v) is 10.6. The molecule has 5 rings (SSSR count). The lowest BCUT2D eigenvalue weighted by atomic mass is 9.96. The van der Waals surface area contributed by atoms with E-state index in [1.807, 2.05) is 0 Å². The molecule has 1 fully saturated rings. The van der Waals surface area contributed by atoms with E-state index in [1.165, 1.54) is 16.8 Å². The molecule has 1 aliphatic carbocycles. The zero-order chi connectivity index (χ0) is 19.3. The average Bonchev–Trinajstić information content (AvgIpc) is 3.30. The molecular weight excluding hydrogens is 372 g/mol. The normalized spacial score (nSPS) is 26.6. The highest BCUT2D eigenvalue weighted by Gasteiger charge is 2.38. The van der Waals surface area contributed by atoms with Gasteiger partial charge < -0.3 is 4.90 Å². The van der Waals surface area contributed by atoms with E-state index in [4.69, 9.17) is 5.41 Å². The van der Waals surface area contributed by atoms with E-state index < -0.39 is 0 Å². The fourth-order valence-corrected chi connectivity index (χ4v) is 4.93. The number of piperidine rings is 1. The summed E-state index contributed by atoms with van der Waals surface area (Å²) in [6, 6.07) is 0. The largest absolute Gasteiger partial charge is 0.349 e. The second-order valence-corrected chi connectivity index (χ2v) is 8.65. The molecule has 0 spiro atoms. The number of rotatable bonds is 1. The molecule has 0 atom stereocenters. The fraction of sp³-hybridized carbons (Fsp3) is 0.450. The maximum atomic E-state index is 12.6. The number of fused-ring (bicyclic) bond motifs is 2. The fourth-order valence-electron chi connectivity index (χ4n) is 3.98. The Hall–Kier alpha value is -2.48. The van der Waals surface area contributed by atoms with Gasteiger partial charge in [-0.05, 0) is 55.0 Å². The number of hydrazone groups is 1. The van der Waals surface area contributed by atoms with E-state index in [-0.39, 0.29) is 11.7 Å². The highest BCUT2D eigenvalue weighted by atomic mass is 32.2. The number of nitrogens with one attached hydrogen (secondary N) is 1. The number of nitrogens with zero attached hydrogens (tertiary/aromatic N) is 5. The Morgan fingerprint density at radius 2 is 2.11 bits per heavy atom. The van der Waals surface area contributed by atoms with Crippen LogP contribution in [-0.2, 0) is 4.79 Å². The van der Waals surface area contributed by atoms with Gasteiger partial charge in [0.1, 0.15) is 0 Å². The van der Waals surface area contributed by atoms with Gasteiger partial charge in [-0.25, -0.2) is 0 Å². The highest BCUT2D eigenvalue weighted by Crippen LogP contribution is 2.32. The topological polar surface area (TPSA) is 84.5 Å². The molecule has 0 aromatic rings. The molecule has 0 unspecified atom stereocenters. The van der Waals surface area contributed by atoms with Crippen LogP contribution in [0.5, 0.6) is 0 Å². The van der Waals surface area contributed by atoms with Crippen molar-refractivity contribution in [3.05, 3.63) is 34.9 Å². The van der Waals surface area contributed by atoms with Gasteiger partial charge in [0, 0.05) is 24.4 Å². The van der Waals surface area contributed by atoms with E-state index in [0.717, 1.165) is 66.7 Å². The number of carbonyl (C=O) groups is 1.